The van der Waals surface area contributed by atoms with Crippen molar-refractivity contribution in [2.45, 2.75) is 26.7 Å². The molecule has 0 nitrogen and oxygen atoms in total. The van der Waals surface area contributed by atoms with E-state index in [2.05, 4.69) is 33.1 Å². The van der Waals surface area contributed by atoms with Crippen molar-refractivity contribution in [3.05, 3.63) is 24.8 Å². The fourth-order valence-corrected chi connectivity index (χ4v) is 1.58. The van der Waals surface area contributed by atoms with Gasteiger partial charge in [-0.05, 0) is 31.1 Å². The first-order valence-corrected chi connectivity index (χ1v) is 3.86. The van der Waals surface area contributed by atoms with Gasteiger partial charge in [0.15, 0.2) is 0 Å². The minimum Gasteiger partial charge on any atom is -0.103 e. The van der Waals surface area contributed by atoms with Crippen LogP contribution in [0.25, 0.3) is 0 Å². The largest absolute Gasteiger partial charge is 0.103 e. The number of rotatable bonds is 2. The molecule has 0 aromatic carbocycles. The number of hydrogen-bond donors (Lipinski definition) is 0. The standard InChI is InChI=1S/C10H16/c1-5-10(4)6-9(7-10)8(2)3/h5,9H,1-2,6-7H2,3-4H3. The Labute approximate surface area is 63.6 Å². The van der Waals surface area contributed by atoms with Crippen LogP contribution in [0.5, 0.6) is 0 Å². The summed E-state index contributed by atoms with van der Waals surface area (Å²) in [4.78, 5) is 0. The highest BCUT2D eigenvalue weighted by Gasteiger charge is 2.37. The maximum Gasteiger partial charge on any atom is -0.0138 e. The van der Waals surface area contributed by atoms with Crippen LogP contribution in [-0.4, -0.2) is 0 Å². The SMILES string of the molecule is C=CC1(C)CC(C(=C)C)C1. The molecular weight excluding hydrogens is 120 g/mol. The Kier molecular flexibility index (Phi) is 1.72. The quantitative estimate of drug-likeness (QED) is 0.511. The van der Waals surface area contributed by atoms with E-state index in [1.807, 2.05) is 0 Å². The summed E-state index contributed by atoms with van der Waals surface area (Å²) in [7, 11) is 0. The zero-order valence-electron chi connectivity index (χ0n) is 6.98. The van der Waals surface area contributed by atoms with Gasteiger partial charge in [-0.1, -0.05) is 25.2 Å². The van der Waals surface area contributed by atoms with Crippen molar-refractivity contribution in [1.82, 2.24) is 0 Å². The molecule has 1 aliphatic carbocycles. The Morgan fingerprint density at radius 1 is 1.60 bits per heavy atom. The van der Waals surface area contributed by atoms with Crippen LogP contribution in [0.4, 0.5) is 0 Å². The molecule has 56 valence electrons. The van der Waals surface area contributed by atoms with Crippen molar-refractivity contribution in [2.75, 3.05) is 0 Å². The lowest BCUT2D eigenvalue weighted by molar-refractivity contribution is 0.159. The van der Waals surface area contributed by atoms with Crippen molar-refractivity contribution in [1.29, 1.82) is 0 Å². The Hall–Kier alpha value is -0.520. The van der Waals surface area contributed by atoms with E-state index in [0.29, 0.717) is 5.41 Å². The molecule has 0 aromatic rings. The lowest BCUT2D eigenvalue weighted by Gasteiger charge is -2.43. The minimum absolute atomic E-state index is 0.420. The molecule has 0 heteroatoms. The molecule has 10 heavy (non-hydrogen) atoms. The molecule has 0 aromatic heterocycles. The molecule has 0 saturated heterocycles. The average molecular weight is 136 g/mol. The van der Waals surface area contributed by atoms with Gasteiger partial charge in [0.1, 0.15) is 0 Å². The fourth-order valence-electron chi connectivity index (χ4n) is 1.58. The van der Waals surface area contributed by atoms with Gasteiger partial charge < -0.3 is 0 Å². The Morgan fingerprint density at radius 3 is 2.40 bits per heavy atom. The Morgan fingerprint density at radius 2 is 2.10 bits per heavy atom. The molecule has 0 heterocycles. The van der Waals surface area contributed by atoms with Crippen molar-refractivity contribution in [3.63, 3.8) is 0 Å². The molecule has 1 rings (SSSR count). The van der Waals surface area contributed by atoms with E-state index in [1.165, 1.54) is 18.4 Å². The molecule has 0 N–H and O–H groups in total. The predicted octanol–water partition coefficient (Wildman–Crippen LogP) is 3.16. The molecule has 0 aliphatic heterocycles. The average Bonchev–Trinajstić information content (AvgIpc) is 1.80. The molecule has 0 amide bonds. The zero-order valence-corrected chi connectivity index (χ0v) is 6.98. The van der Waals surface area contributed by atoms with E-state index in [4.69, 9.17) is 0 Å². The summed E-state index contributed by atoms with van der Waals surface area (Å²) in [6.07, 6.45) is 4.59. The van der Waals surface area contributed by atoms with Crippen LogP contribution < -0.4 is 0 Å². The van der Waals surface area contributed by atoms with Crippen molar-refractivity contribution in [3.8, 4) is 0 Å². The summed E-state index contributed by atoms with van der Waals surface area (Å²) in [6.45, 7) is 12.1. The third kappa shape index (κ3) is 1.16. The second-order valence-electron chi connectivity index (χ2n) is 3.81. The van der Waals surface area contributed by atoms with Crippen molar-refractivity contribution >= 4 is 0 Å². The Bertz CT molecular complexity index is 159. The summed E-state index contributed by atoms with van der Waals surface area (Å²) < 4.78 is 0. The molecule has 0 bridgehead atoms. The van der Waals surface area contributed by atoms with Crippen molar-refractivity contribution in [2.24, 2.45) is 11.3 Å². The van der Waals surface area contributed by atoms with Crippen LogP contribution in [0.3, 0.4) is 0 Å². The highest BCUT2D eigenvalue weighted by atomic mass is 14.4. The van der Waals surface area contributed by atoms with E-state index in [9.17, 15) is 0 Å². The second kappa shape index (κ2) is 2.26. The molecule has 0 radical (unpaired) electrons. The van der Waals surface area contributed by atoms with E-state index in [1.54, 1.807) is 0 Å². The summed E-state index contributed by atoms with van der Waals surface area (Å²) in [6, 6.07) is 0. The summed E-state index contributed by atoms with van der Waals surface area (Å²) in [5.41, 5.74) is 1.75. The summed E-state index contributed by atoms with van der Waals surface area (Å²) in [5.74, 6) is 0.767. The van der Waals surface area contributed by atoms with Crippen LogP contribution in [-0.2, 0) is 0 Å². The molecule has 0 atom stereocenters. The first-order valence-electron chi connectivity index (χ1n) is 3.86. The molecular formula is C10H16. The van der Waals surface area contributed by atoms with Gasteiger partial charge in [-0.2, -0.15) is 0 Å². The third-order valence-corrected chi connectivity index (χ3v) is 2.62. The lowest BCUT2D eigenvalue weighted by atomic mass is 9.61. The topological polar surface area (TPSA) is 0 Å². The van der Waals surface area contributed by atoms with Gasteiger partial charge in [-0.15, -0.1) is 6.58 Å². The van der Waals surface area contributed by atoms with Gasteiger partial charge >= 0.3 is 0 Å². The zero-order chi connectivity index (χ0) is 7.78. The van der Waals surface area contributed by atoms with E-state index < -0.39 is 0 Å². The molecule has 0 unspecified atom stereocenters. The predicted molar refractivity (Wildman–Crippen MR) is 45.8 cm³/mol. The number of hydrogen-bond acceptors (Lipinski definition) is 0. The monoisotopic (exact) mass is 136 g/mol. The van der Waals surface area contributed by atoms with Gasteiger partial charge in [0.05, 0.1) is 0 Å². The Balaban J connectivity index is 2.43. The van der Waals surface area contributed by atoms with Crippen LogP contribution >= 0.6 is 0 Å². The summed E-state index contributed by atoms with van der Waals surface area (Å²) in [5, 5.41) is 0. The maximum atomic E-state index is 3.94. The molecule has 0 spiro atoms. The molecule has 1 aliphatic rings. The van der Waals surface area contributed by atoms with Crippen LogP contribution in [0.1, 0.15) is 26.7 Å². The first-order chi connectivity index (χ1) is 4.57. The minimum atomic E-state index is 0.420. The van der Waals surface area contributed by atoms with Gasteiger partial charge in [-0.25, -0.2) is 0 Å². The third-order valence-electron chi connectivity index (χ3n) is 2.62. The van der Waals surface area contributed by atoms with Crippen LogP contribution in [0.15, 0.2) is 24.8 Å². The van der Waals surface area contributed by atoms with E-state index in [-0.39, 0.29) is 0 Å². The van der Waals surface area contributed by atoms with Gasteiger partial charge in [-0.3, -0.25) is 0 Å². The highest BCUT2D eigenvalue weighted by Crippen LogP contribution is 2.48. The van der Waals surface area contributed by atoms with Gasteiger partial charge in [0.25, 0.3) is 0 Å². The summed E-state index contributed by atoms with van der Waals surface area (Å²) >= 11 is 0. The van der Waals surface area contributed by atoms with E-state index in [0.717, 1.165) is 5.92 Å². The first kappa shape index (κ1) is 7.59. The van der Waals surface area contributed by atoms with Gasteiger partial charge in [0.2, 0.25) is 0 Å². The van der Waals surface area contributed by atoms with Crippen LogP contribution in [0, 0.1) is 11.3 Å². The number of allylic oxidation sites excluding steroid dienone is 2. The van der Waals surface area contributed by atoms with E-state index >= 15 is 0 Å². The highest BCUT2D eigenvalue weighted by molar-refractivity contribution is 5.11. The van der Waals surface area contributed by atoms with Crippen LogP contribution in [0.2, 0.25) is 0 Å². The lowest BCUT2D eigenvalue weighted by Crippen LogP contribution is -2.32. The van der Waals surface area contributed by atoms with Gasteiger partial charge in [0, 0.05) is 0 Å². The normalized spacial score (nSPS) is 38.4. The molecule has 1 saturated carbocycles. The second-order valence-corrected chi connectivity index (χ2v) is 3.81. The maximum absolute atomic E-state index is 3.94. The van der Waals surface area contributed by atoms with Crippen molar-refractivity contribution < 1.29 is 0 Å². The fraction of sp³-hybridized carbons (Fsp3) is 0.600. The molecule has 1 fully saturated rings. The smallest absolute Gasteiger partial charge is 0.0138 e.